The van der Waals surface area contributed by atoms with Crippen molar-refractivity contribution in [3.63, 3.8) is 0 Å². The van der Waals surface area contributed by atoms with Crippen molar-refractivity contribution in [2.75, 3.05) is 0 Å². The lowest BCUT2D eigenvalue weighted by Gasteiger charge is -2.44. The number of hydrogen-bond donors (Lipinski definition) is 4. The molecule has 2 aliphatic heterocycles. The number of aliphatic carboxylic acids is 1. The monoisotopic (exact) mass is 618 g/mol. The highest BCUT2D eigenvalue weighted by molar-refractivity contribution is 8.01. The van der Waals surface area contributed by atoms with E-state index in [4.69, 9.17) is 4.74 Å². The van der Waals surface area contributed by atoms with Crippen molar-refractivity contribution in [1.29, 1.82) is 0 Å². The van der Waals surface area contributed by atoms with E-state index in [1.54, 1.807) is 65.0 Å². The SMILES string of the molecule is CCCCCCCCC(NC(=O)OC(C)(C)C)C(=O)NC(C(=O)N[C@@H]1C(=O)N2[C@@H]1SC(C)(C)[C@@H]2C(=O)O)c1ccccc1. The van der Waals surface area contributed by atoms with Gasteiger partial charge in [0.05, 0.1) is 0 Å². The lowest BCUT2D eigenvalue weighted by Crippen LogP contribution is -2.71. The van der Waals surface area contributed by atoms with Crippen LogP contribution in [0.1, 0.15) is 98.1 Å². The first kappa shape index (κ1) is 34.2. The van der Waals surface area contributed by atoms with Crippen molar-refractivity contribution in [2.24, 2.45) is 0 Å². The number of nitrogens with zero attached hydrogens (tertiary/aromatic N) is 1. The molecule has 43 heavy (non-hydrogen) atoms. The molecule has 0 radical (unpaired) electrons. The number of carboxylic acids is 1. The number of carbonyl (C=O) groups is 5. The van der Waals surface area contributed by atoms with Crippen LogP contribution in [-0.4, -0.2) is 73.6 Å². The summed E-state index contributed by atoms with van der Waals surface area (Å²) in [5, 5.41) is 17.4. The Morgan fingerprint density at radius 1 is 1.00 bits per heavy atom. The zero-order chi connectivity index (χ0) is 31.9. The molecule has 1 aromatic carbocycles. The van der Waals surface area contributed by atoms with Gasteiger partial charge in [0.25, 0.3) is 0 Å². The number of hydrogen-bond acceptors (Lipinski definition) is 7. The summed E-state index contributed by atoms with van der Waals surface area (Å²) < 4.78 is 4.65. The van der Waals surface area contributed by atoms with Gasteiger partial charge in [0.1, 0.15) is 35.1 Å². The van der Waals surface area contributed by atoms with Crippen molar-refractivity contribution >= 4 is 41.5 Å². The van der Waals surface area contributed by atoms with Crippen molar-refractivity contribution in [1.82, 2.24) is 20.9 Å². The lowest BCUT2D eigenvalue weighted by molar-refractivity contribution is -0.161. The predicted octanol–water partition coefficient (Wildman–Crippen LogP) is 4.12. The Labute approximate surface area is 258 Å². The van der Waals surface area contributed by atoms with Crippen LogP contribution in [-0.2, 0) is 23.9 Å². The van der Waals surface area contributed by atoms with Crippen LogP contribution in [0.4, 0.5) is 4.79 Å². The molecule has 5 atom stereocenters. The van der Waals surface area contributed by atoms with Gasteiger partial charge in [-0.1, -0.05) is 75.8 Å². The third-order valence-corrected chi connectivity index (χ3v) is 9.08. The quantitative estimate of drug-likeness (QED) is 0.179. The molecule has 0 saturated carbocycles. The average molecular weight is 619 g/mol. The first-order valence-corrected chi connectivity index (χ1v) is 15.9. The van der Waals surface area contributed by atoms with E-state index in [2.05, 4.69) is 22.9 Å². The standard InChI is InChI=1S/C31H46N4O7S/c1-7-8-9-10-11-15-18-20(32-29(41)42-30(2,3)4)24(36)33-21(19-16-13-12-14-17-19)25(37)34-22-26(38)35-23(28(39)40)31(5,6)43-27(22)35/h12-14,16-17,20-23,27H,7-11,15,18H2,1-6H3,(H,32,41)(H,33,36)(H,34,37)(H,39,40)/t20?,21?,22-,23+,27-/m1/s1. The molecule has 2 aliphatic rings. The second kappa shape index (κ2) is 14.5. The highest BCUT2D eigenvalue weighted by atomic mass is 32.2. The molecule has 0 aromatic heterocycles. The molecule has 2 fully saturated rings. The van der Waals surface area contributed by atoms with Gasteiger partial charge in [-0.15, -0.1) is 11.8 Å². The Kier molecular flexibility index (Phi) is 11.5. The van der Waals surface area contributed by atoms with Crippen LogP contribution in [0.5, 0.6) is 0 Å². The molecule has 2 heterocycles. The second-order valence-corrected chi connectivity index (χ2v) is 14.5. The van der Waals surface area contributed by atoms with Crippen molar-refractivity contribution in [3.8, 4) is 0 Å². The summed E-state index contributed by atoms with van der Waals surface area (Å²) in [6.45, 7) is 10.9. The molecule has 0 bridgehead atoms. The van der Waals surface area contributed by atoms with E-state index < -0.39 is 69.7 Å². The van der Waals surface area contributed by atoms with Gasteiger partial charge in [0.2, 0.25) is 17.7 Å². The number of benzene rings is 1. The van der Waals surface area contributed by atoms with E-state index in [9.17, 15) is 29.1 Å². The number of ether oxygens (including phenoxy) is 1. The van der Waals surface area contributed by atoms with Gasteiger partial charge in [0.15, 0.2) is 0 Å². The van der Waals surface area contributed by atoms with E-state index in [1.807, 2.05) is 0 Å². The molecule has 3 rings (SSSR count). The van der Waals surface area contributed by atoms with Gasteiger partial charge in [-0.05, 0) is 46.6 Å². The van der Waals surface area contributed by atoms with Crippen LogP contribution < -0.4 is 16.0 Å². The summed E-state index contributed by atoms with van der Waals surface area (Å²) >= 11 is 1.32. The average Bonchev–Trinajstić information content (AvgIpc) is 3.18. The molecular formula is C31H46N4O7S. The minimum absolute atomic E-state index is 0.362. The molecule has 1 aromatic rings. The van der Waals surface area contributed by atoms with Crippen LogP contribution >= 0.6 is 11.8 Å². The number of alkyl carbamates (subject to hydrolysis) is 1. The number of carboxylic acid groups (broad SMARTS) is 1. The van der Waals surface area contributed by atoms with Gasteiger partial charge < -0.3 is 30.7 Å². The first-order valence-electron chi connectivity index (χ1n) is 15.0. The predicted molar refractivity (Wildman–Crippen MR) is 164 cm³/mol. The third-order valence-electron chi connectivity index (χ3n) is 7.51. The van der Waals surface area contributed by atoms with E-state index in [-0.39, 0.29) is 0 Å². The van der Waals surface area contributed by atoms with Crippen LogP contribution in [0.25, 0.3) is 0 Å². The maximum atomic E-state index is 13.7. The smallest absolute Gasteiger partial charge is 0.408 e. The summed E-state index contributed by atoms with van der Waals surface area (Å²) in [7, 11) is 0. The molecule has 2 saturated heterocycles. The molecular weight excluding hydrogens is 572 g/mol. The Balaban J connectivity index is 1.75. The molecule has 2 unspecified atom stereocenters. The van der Waals surface area contributed by atoms with Gasteiger partial charge in [-0.2, -0.15) is 0 Å². The molecule has 4 amide bonds. The van der Waals surface area contributed by atoms with E-state index in [0.29, 0.717) is 18.4 Å². The molecule has 11 nitrogen and oxygen atoms in total. The Morgan fingerprint density at radius 3 is 2.23 bits per heavy atom. The summed E-state index contributed by atoms with van der Waals surface area (Å²) in [6, 6.07) is 4.60. The number of thioether (sulfide) groups is 1. The summed E-state index contributed by atoms with van der Waals surface area (Å²) in [6.07, 6.45) is 5.62. The first-order chi connectivity index (χ1) is 20.2. The molecule has 238 valence electrons. The highest BCUT2D eigenvalue weighted by Gasteiger charge is 2.64. The normalized spacial score (nSPS) is 22.0. The summed E-state index contributed by atoms with van der Waals surface area (Å²) in [4.78, 5) is 66.1. The van der Waals surface area contributed by atoms with Gasteiger partial charge >= 0.3 is 12.1 Å². The van der Waals surface area contributed by atoms with Crippen LogP contribution in [0.3, 0.4) is 0 Å². The van der Waals surface area contributed by atoms with Crippen LogP contribution in [0.15, 0.2) is 30.3 Å². The van der Waals surface area contributed by atoms with Gasteiger partial charge in [0, 0.05) is 4.75 Å². The summed E-state index contributed by atoms with van der Waals surface area (Å²) in [5.74, 6) is -2.73. The lowest BCUT2D eigenvalue weighted by atomic mass is 9.95. The molecule has 0 spiro atoms. The number of β-lactam (4-membered cyclic amide) rings is 1. The molecule has 0 aliphatic carbocycles. The number of nitrogens with one attached hydrogen (secondary N) is 3. The van der Waals surface area contributed by atoms with E-state index in [1.165, 1.54) is 16.7 Å². The van der Waals surface area contributed by atoms with Gasteiger partial charge in [-0.25, -0.2) is 9.59 Å². The van der Waals surface area contributed by atoms with E-state index >= 15 is 0 Å². The van der Waals surface area contributed by atoms with Crippen molar-refractivity contribution < 1.29 is 33.8 Å². The fourth-order valence-electron chi connectivity index (χ4n) is 5.42. The van der Waals surface area contributed by atoms with E-state index in [0.717, 1.165) is 32.1 Å². The molecule has 12 heteroatoms. The van der Waals surface area contributed by atoms with Crippen molar-refractivity contribution in [2.45, 2.75) is 126 Å². The number of rotatable bonds is 14. The maximum absolute atomic E-state index is 13.7. The molecule has 4 N–H and O–H groups in total. The highest BCUT2D eigenvalue weighted by Crippen LogP contribution is 2.50. The largest absolute Gasteiger partial charge is 0.480 e. The van der Waals surface area contributed by atoms with Crippen LogP contribution in [0.2, 0.25) is 0 Å². The number of fused-ring (bicyclic) bond motifs is 1. The Bertz CT molecular complexity index is 1170. The minimum atomic E-state index is -1.15. The van der Waals surface area contributed by atoms with Crippen LogP contribution in [0, 0.1) is 0 Å². The summed E-state index contributed by atoms with van der Waals surface area (Å²) in [5.41, 5.74) is -0.261. The Morgan fingerprint density at radius 2 is 1.63 bits per heavy atom. The third kappa shape index (κ3) is 8.87. The van der Waals surface area contributed by atoms with Gasteiger partial charge in [-0.3, -0.25) is 14.4 Å². The maximum Gasteiger partial charge on any atom is 0.408 e. The topological polar surface area (TPSA) is 154 Å². The fraction of sp³-hybridized carbons (Fsp3) is 0.645. The number of unbranched alkanes of at least 4 members (excludes halogenated alkanes) is 5. The van der Waals surface area contributed by atoms with Crippen molar-refractivity contribution in [3.05, 3.63) is 35.9 Å². The zero-order valence-electron chi connectivity index (χ0n) is 26.0. The Hall–Kier alpha value is -3.28. The number of carbonyl (C=O) groups excluding carboxylic acids is 4. The second-order valence-electron chi connectivity index (χ2n) is 12.7. The fourth-order valence-corrected chi connectivity index (χ4v) is 7.04. The number of amides is 4. The zero-order valence-corrected chi connectivity index (χ0v) is 26.8. The minimum Gasteiger partial charge on any atom is -0.480 e.